The Balaban J connectivity index is 1.91. The molecule has 1 fully saturated rings. The molecule has 2 aliphatic heterocycles. The highest BCUT2D eigenvalue weighted by molar-refractivity contribution is 9.10. The molecule has 2 atom stereocenters. The van der Waals surface area contributed by atoms with Crippen LogP contribution in [0.3, 0.4) is 0 Å². The van der Waals surface area contributed by atoms with Crippen molar-refractivity contribution in [2.45, 2.75) is 19.0 Å². The van der Waals surface area contributed by atoms with Crippen LogP contribution in [0.4, 0.5) is 0 Å². The standard InChI is InChI=1S/C15H21BrN2O3/c1-10-9-19-3-2-18(10)13(8-17)11-6-12(16)15-14(7-11)20-4-5-21-15/h6-7,10,13H,2-5,8-9,17H2,1H3. The quantitative estimate of drug-likeness (QED) is 0.896. The van der Waals surface area contributed by atoms with Crippen molar-refractivity contribution in [3.05, 3.63) is 22.2 Å². The number of hydrogen-bond acceptors (Lipinski definition) is 5. The summed E-state index contributed by atoms with van der Waals surface area (Å²) in [5, 5.41) is 0. The molecule has 6 heteroatoms. The minimum atomic E-state index is 0.163. The van der Waals surface area contributed by atoms with E-state index in [0.717, 1.165) is 41.3 Å². The minimum Gasteiger partial charge on any atom is -0.486 e. The summed E-state index contributed by atoms with van der Waals surface area (Å²) < 4.78 is 17.8. The molecule has 2 unspecified atom stereocenters. The number of fused-ring (bicyclic) bond motifs is 1. The average Bonchev–Trinajstić information content (AvgIpc) is 2.50. The molecule has 5 nitrogen and oxygen atoms in total. The smallest absolute Gasteiger partial charge is 0.175 e. The van der Waals surface area contributed by atoms with Crippen molar-refractivity contribution in [1.29, 1.82) is 0 Å². The van der Waals surface area contributed by atoms with E-state index in [4.69, 9.17) is 19.9 Å². The fourth-order valence-corrected chi connectivity index (χ4v) is 3.56. The average molecular weight is 357 g/mol. The lowest BCUT2D eigenvalue weighted by atomic mass is 10.0. The third-order valence-corrected chi connectivity index (χ3v) is 4.64. The van der Waals surface area contributed by atoms with Crippen LogP contribution in [0, 0.1) is 0 Å². The summed E-state index contributed by atoms with van der Waals surface area (Å²) in [7, 11) is 0. The topological polar surface area (TPSA) is 57.0 Å². The fraction of sp³-hybridized carbons (Fsp3) is 0.600. The second-order valence-electron chi connectivity index (χ2n) is 5.44. The van der Waals surface area contributed by atoms with Gasteiger partial charge in [-0.05, 0) is 40.5 Å². The fourth-order valence-electron chi connectivity index (χ4n) is 2.99. The van der Waals surface area contributed by atoms with Gasteiger partial charge in [-0.3, -0.25) is 4.90 Å². The van der Waals surface area contributed by atoms with Gasteiger partial charge in [0.05, 0.1) is 17.7 Å². The van der Waals surface area contributed by atoms with Gasteiger partial charge in [0.1, 0.15) is 13.2 Å². The molecule has 0 bridgehead atoms. The van der Waals surface area contributed by atoms with Crippen molar-refractivity contribution >= 4 is 15.9 Å². The van der Waals surface area contributed by atoms with Crippen LogP contribution in [0.5, 0.6) is 11.5 Å². The second-order valence-corrected chi connectivity index (χ2v) is 6.29. The molecule has 0 aromatic heterocycles. The lowest BCUT2D eigenvalue weighted by Gasteiger charge is -2.39. The summed E-state index contributed by atoms with van der Waals surface area (Å²) in [6, 6.07) is 4.67. The Hall–Kier alpha value is -0.820. The van der Waals surface area contributed by atoms with Crippen molar-refractivity contribution in [3.8, 4) is 11.5 Å². The highest BCUT2D eigenvalue weighted by Gasteiger charge is 2.28. The van der Waals surface area contributed by atoms with Crippen molar-refractivity contribution in [2.75, 3.05) is 39.5 Å². The van der Waals surface area contributed by atoms with E-state index in [1.165, 1.54) is 0 Å². The van der Waals surface area contributed by atoms with Crippen molar-refractivity contribution < 1.29 is 14.2 Å². The lowest BCUT2D eigenvalue weighted by Crippen LogP contribution is -2.47. The molecular weight excluding hydrogens is 336 g/mol. The molecule has 2 aliphatic rings. The third-order valence-electron chi connectivity index (χ3n) is 4.05. The number of ether oxygens (including phenoxy) is 3. The SMILES string of the molecule is CC1COCCN1C(CN)c1cc(Br)c2c(c1)OCCO2. The number of hydrogen-bond donors (Lipinski definition) is 1. The predicted octanol–water partition coefficient (Wildman–Crippen LogP) is 1.94. The Kier molecular flexibility index (Phi) is 4.69. The molecule has 1 aromatic carbocycles. The zero-order valence-corrected chi connectivity index (χ0v) is 13.8. The first kappa shape index (κ1) is 15.1. The summed E-state index contributed by atoms with van der Waals surface area (Å²) in [5.41, 5.74) is 7.21. The zero-order valence-electron chi connectivity index (χ0n) is 12.2. The summed E-state index contributed by atoms with van der Waals surface area (Å²) in [5.74, 6) is 1.58. The lowest BCUT2D eigenvalue weighted by molar-refractivity contribution is -0.0210. The molecular formula is C15H21BrN2O3. The van der Waals surface area contributed by atoms with Crippen LogP contribution in [-0.4, -0.2) is 50.5 Å². The summed E-state index contributed by atoms with van der Waals surface area (Å²) in [6.07, 6.45) is 0. The van der Waals surface area contributed by atoms with Gasteiger partial charge in [0, 0.05) is 25.2 Å². The number of nitrogens with zero attached hydrogens (tertiary/aromatic N) is 1. The Morgan fingerprint density at radius 2 is 2.14 bits per heavy atom. The first-order valence-electron chi connectivity index (χ1n) is 7.33. The van der Waals surface area contributed by atoms with Gasteiger partial charge in [-0.15, -0.1) is 0 Å². The maximum atomic E-state index is 6.05. The molecule has 2 N–H and O–H groups in total. The van der Waals surface area contributed by atoms with Gasteiger partial charge in [-0.2, -0.15) is 0 Å². The van der Waals surface area contributed by atoms with Gasteiger partial charge in [-0.1, -0.05) is 0 Å². The maximum absolute atomic E-state index is 6.05. The molecule has 21 heavy (non-hydrogen) atoms. The van der Waals surface area contributed by atoms with Crippen molar-refractivity contribution in [3.63, 3.8) is 0 Å². The minimum absolute atomic E-state index is 0.163. The highest BCUT2D eigenvalue weighted by atomic mass is 79.9. The van der Waals surface area contributed by atoms with E-state index in [2.05, 4.69) is 39.9 Å². The van der Waals surface area contributed by atoms with Gasteiger partial charge in [0.2, 0.25) is 0 Å². The Morgan fingerprint density at radius 1 is 1.33 bits per heavy atom. The van der Waals surface area contributed by atoms with Crippen LogP contribution in [0.2, 0.25) is 0 Å². The van der Waals surface area contributed by atoms with Crippen LogP contribution in [0.1, 0.15) is 18.5 Å². The van der Waals surface area contributed by atoms with Crippen LogP contribution in [-0.2, 0) is 4.74 Å². The van der Waals surface area contributed by atoms with E-state index < -0.39 is 0 Å². The number of halogens is 1. The van der Waals surface area contributed by atoms with E-state index in [1.54, 1.807) is 0 Å². The molecule has 0 spiro atoms. The molecule has 1 aromatic rings. The maximum Gasteiger partial charge on any atom is 0.175 e. The van der Waals surface area contributed by atoms with E-state index in [1.807, 2.05) is 0 Å². The van der Waals surface area contributed by atoms with Crippen LogP contribution in [0.15, 0.2) is 16.6 Å². The Bertz CT molecular complexity index is 512. The monoisotopic (exact) mass is 356 g/mol. The molecule has 0 aliphatic carbocycles. The van der Waals surface area contributed by atoms with Gasteiger partial charge in [0.25, 0.3) is 0 Å². The normalized spacial score (nSPS) is 23.9. The van der Waals surface area contributed by atoms with E-state index >= 15 is 0 Å². The molecule has 0 saturated carbocycles. The number of benzene rings is 1. The zero-order chi connectivity index (χ0) is 14.8. The molecule has 3 rings (SSSR count). The molecule has 1 saturated heterocycles. The van der Waals surface area contributed by atoms with Crippen molar-refractivity contribution in [2.24, 2.45) is 5.73 Å². The third kappa shape index (κ3) is 3.04. The van der Waals surface area contributed by atoms with Crippen LogP contribution in [0.25, 0.3) is 0 Å². The number of rotatable bonds is 3. The van der Waals surface area contributed by atoms with Gasteiger partial charge in [0.15, 0.2) is 11.5 Å². The van der Waals surface area contributed by atoms with Gasteiger partial charge in [-0.25, -0.2) is 0 Å². The van der Waals surface area contributed by atoms with Crippen molar-refractivity contribution in [1.82, 2.24) is 4.90 Å². The van der Waals surface area contributed by atoms with E-state index in [0.29, 0.717) is 25.8 Å². The molecule has 116 valence electrons. The summed E-state index contributed by atoms with van der Waals surface area (Å²) >= 11 is 3.58. The predicted molar refractivity (Wildman–Crippen MR) is 83.9 cm³/mol. The molecule has 2 heterocycles. The summed E-state index contributed by atoms with van der Waals surface area (Å²) in [4.78, 5) is 2.40. The Morgan fingerprint density at radius 3 is 2.90 bits per heavy atom. The van der Waals surface area contributed by atoms with E-state index in [-0.39, 0.29) is 6.04 Å². The number of nitrogens with two attached hydrogens (primary N) is 1. The largest absolute Gasteiger partial charge is 0.486 e. The first-order chi connectivity index (χ1) is 10.2. The van der Waals surface area contributed by atoms with Gasteiger partial charge < -0.3 is 19.9 Å². The van der Waals surface area contributed by atoms with Gasteiger partial charge >= 0.3 is 0 Å². The van der Waals surface area contributed by atoms with E-state index in [9.17, 15) is 0 Å². The highest BCUT2D eigenvalue weighted by Crippen LogP contribution is 2.41. The van der Waals surface area contributed by atoms with Crippen LogP contribution >= 0.6 is 15.9 Å². The molecule has 0 amide bonds. The second kappa shape index (κ2) is 6.52. The number of morpholine rings is 1. The summed E-state index contributed by atoms with van der Waals surface area (Å²) in [6.45, 7) is 6.32. The first-order valence-corrected chi connectivity index (χ1v) is 8.12. The Labute approximate surface area is 133 Å². The van der Waals surface area contributed by atoms with Crippen LogP contribution < -0.4 is 15.2 Å². The molecule has 0 radical (unpaired) electrons.